The number of hydrogen-bond donors (Lipinski definition) is 1. The molecule has 22 heavy (non-hydrogen) atoms. The van der Waals surface area contributed by atoms with E-state index < -0.39 is 30.4 Å². The van der Waals surface area contributed by atoms with Crippen molar-refractivity contribution in [3.05, 3.63) is 29.3 Å². The van der Waals surface area contributed by atoms with E-state index in [9.17, 15) is 19.2 Å². The second kappa shape index (κ2) is 7.77. The standard InChI is InChI=1S/C14H15NO7/c1-8(16)22-7-12(17)15-11-6-9(13(18)20-2)4-5-10(11)14(19)21-3/h4-6H,7H2,1-3H3,(H,15,17). The number of ether oxygens (including phenoxy) is 3. The first-order chi connectivity index (χ1) is 10.4. The average Bonchev–Trinajstić information content (AvgIpc) is 2.51. The molecule has 0 aliphatic rings. The number of anilines is 1. The Bertz CT molecular complexity index is 609. The van der Waals surface area contributed by atoms with E-state index in [0.29, 0.717) is 0 Å². The Hall–Kier alpha value is -2.90. The van der Waals surface area contributed by atoms with Crippen LogP contribution < -0.4 is 5.32 Å². The second-order valence-corrected chi connectivity index (χ2v) is 4.07. The Kier molecular flexibility index (Phi) is 6.06. The average molecular weight is 309 g/mol. The van der Waals surface area contributed by atoms with Crippen molar-refractivity contribution in [1.82, 2.24) is 0 Å². The van der Waals surface area contributed by atoms with Crippen molar-refractivity contribution in [1.29, 1.82) is 0 Å². The first-order valence-electron chi connectivity index (χ1n) is 6.13. The van der Waals surface area contributed by atoms with Crippen LogP contribution in [0, 0.1) is 0 Å². The van der Waals surface area contributed by atoms with E-state index in [2.05, 4.69) is 19.5 Å². The van der Waals surface area contributed by atoms with Gasteiger partial charge in [-0.15, -0.1) is 0 Å². The third-order valence-corrected chi connectivity index (χ3v) is 2.53. The zero-order valence-corrected chi connectivity index (χ0v) is 12.3. The molecule has 0 bridgehead atoms. The lowest BCUT2D eigenvalue weighted by Gasteiger charge is -2.11. The molecule has 0 fully saturated rings. The summed E-state index contributed by atoms with van der Waals surface area (Å²) in [5.74, 6) is -2.61. The van der Waals surface area contributed by atoms with Gasteiger partial charge in [-0.05, 0) is 18.2 Å². The largest absolute Gasteiger partial charge is 0.465 e. The number of benzene rings is 1. The minimum atomic E-state index is -0.695. The van der Waals surface area contributed by atoms with Gasteiger partial charge in [-0.25, -0.2) is 9.59 Å². The van der Waals surface area contributed by atoms with Crippen molar-refractivity contribution >= 4 is 29.5 Å². The summed E-state index contributed by atoms with van der Waals surface area (Å²) in [5.41, 5.74) is 0.233. The molecule has 0 saturated carbocycles. The zero-order valence-electron chi connectivity index (χ0n) is 12.3. The fraction of sp³-hybridized carbons (Fsp3) is 0.286. The lowest BCUT2D eigenvalue weighted by molar-refractivity contribution is -0.144. The molecule has 0 aliphatic carbocycles. The lowest BCUT2D eigenvalue weighted by Crippen LogP contribution is -2.22. The highest BCUT2D eigenvalue weighted by Crippen LogP contribution is 2.19. The van der Waals surface area contributed by atoms with Gasteiger partial charge in [0.25, 0.3) is 5.91 Å². The van der Waals surface area contributed by atoms with Crippen LogP contribution in [0.15, 0.2) is 18.2 Å². The molecular formula is C14H15NO7. The molecule has 1 aromatic carbocycles. The molecule has 0 radical (unpaired) electrons. The Morgan fingerprint density at radius 1 is 1.05 bits per heavy atom. The number of amides is 1. The van der Waals surface area contributed by atoms with Gasteiger partial charge in [-0.1, -0.05) is 0 Å². The monoisotopic (exact) mass is 309 g/mol. The van der Waals surface area contributed by atoms with E-state index in [4.69, 9.17) is 0 Å². The molecule has 118 valence electrons. The molecule has 0 unspecified atom stereocenters. The number of esters is 3. The highest BCUT2D eigenvalue weighted by Gasteiger charge is 2.17. The van der Waals surface area contributed by atoms with Crippen molar-refractivity contribution in [3.8, 4) is 0 Å². The minimum absolute atomic E-state index is 0.0475. The van der Waals surface area contributed by atoms with Crippen LogP contribution in [-0.2, 0) is 23.8 Å². The Balaban J connectivity index is 3.06. The maximum absolute atomic E-state index is 11.7. The summed E-state index contributed by atoms with van der Waals surface area (Å²) in [4.78, 5) is 45.5. The Morgan fingerprint density at radius 2 is 1.68 bits per heavy atom. The molecular weight excluding hydrogens is 294 g/mol. The SMILES string of the molecule is COC(=O)c1ccc(C(=O)OC)c(NC(=O)COC(C)=O)c1. The summed E-state index contributed by atoms with van der Waals surface area (Å²) >= 11 is 0. The number of hydrogen-bond acceptors (Lipinski definition) is 7. The molecule has 8 nitrogen and oxygen atoms in total. The quantitative estimate of drug-likeness (QED) is 0.632. The van der Waals surface area contributed by atoms with Gasteiger partial charge in [0.15, 0.2) is 6.61 Å². The summed E-state index contributed by atoms with van der Waals surface area (Å²) in [6, 6.07) is 3.95. The zero-order chi connectivity index (χ0) is 16.7. The van der Waals surface area contributed by atoms with Gasteiger partial charge in [-0.2, -0.15) is 0 Å². The molecule has 0 atom stereocenters. The Morgan fingerprint density at radius 3 is 2.23 bits per heavy atom. The molecule has 1 amide bonds. The van der Waals surface area contributed by atoms with Crippen LogP contribution in [-0.4, -0.2) is 44.6 Å². The van der Waals surface area contributed by atoms with Gasteiger partial charge >= 0.3 is 17.9 Å². The normalized spacial score (nSPS) is 9.59. The summed E-state index contributed by atoms with van der Waals surface area (Å²) < 4.78 is 13.7. The van der Waals surface area contributed by atoms with E-state index in [1.165, 1.54) is 32.4 Å². The van der Waals surface area contributed by atoms with Crippen LogP contribution in [0.5, 0.6) is 0 Å². The number of carbonyl (C=O) groups is 4. The molecule has 8 heteroatoms. The van der Waals surface area contributed by atoms with Gasteiger partial charge in [0, 0.05) is 6.92 Å². The Labute approximate surface area is 126 Å². The van der Waals surface area contributed by atoms with Gasteiger partial charge in [-0.3, -0.25) is 9.59 Å². The van der Waals surface area contributed by atoms with E-state index in [-0.39, 0.29) is 16.8 Å². The number of rotatable bonds is 5. The smallest absolute Gasteiger partial charge is 0.339 e. The van der Waals surface area contributed by atoms with Crippen molar-refractivity contribution in [2.45, 2.75) is 6.92 Å². The van der Waals surface area contributed by atoms with Crippen molar-refractivity contribution in [2.75, 3.05) is 26.1 Å². The van der Waals surface area contributed by atoms with Gasteiger partial charge in [0.05, 0.1) is 31.0 Å². The summed E-state index contributed by atoms with van der Waals surface area (Å²) in [7, 11) is 2.39. The van der Waals surface area contributed by atoms with Crippen LogP contribution in [0.3, 0.4) is 0 Å². The predicted octanol–water partition coefficient (Wildman–Crippen LogP) is 0.761. The minimum Gasteiger partial charge on any atom is -0.465 e. The fourth-order valence-corrected chi connectivity index (χ4v) is 1.53. The topological polar surface area (TPSA) is 108 Å². The molecule has 1 N–H and O–H groups in total. The summed E-state index contributed by atoms with van der Waals surface area (Å²) in [6.45, 7) is 0.642. The van der Waals surface area contributed by atoms with Crippen molar-refractivity contribution in [2.24, 2.45) is 0 Å². The van der Waals surface area contributed by atoms with Gasteiger partial charge in [0.1, 0.15) is 0 Å². The van der Waals surface area contributed by atoms with Crippen molar-refractivity contribution < 1.29 is 33.4 Å². The van der Waals surface area contributed by atoms with E-state index in [0.717, 1.165) is 6.92 Å². The van der Waals surface area contributed by atoms with Crippen LogP contribution in [0.2, 0.25) is 0 Å². The molecule has 0 heterocycles. The van der Waals surface area contributed by atoms with E-state index in [1.54, 1.807) is 0 Å². The highest BCUT2D eigenvalue weighted by molar-refractivity contribution is 6.03. The van der Waals surface area contributed by atoms with Crippen LogP contribution >= 0.6 is 0 Å². The summed E-state index contributed by atoms with van der Waals surface area (Å²) in [6.07, 6.45) is 0. The first kappa shape index (κ1) is 17.2. The van der Waals surface area contributed by atoms with Crippen LogP contribution in [0.4, 0.5) is 5.69 Å². The van der Waals surface area contributed by atoms with Crippen LogP contribution in [0.1, 0.15) is 27.6 Å². The molecule has 0 aromatic heterocycles. The third kappa shape index (κ3) is 4.58. The predicted molar refractivity (Wildman–Crippen MR) is 74.4 cm³/mol. The molecule has 0 aliphatic heterocycles. The lowest BCUT2D eigenvalue weighted by atomic mass is 10.1. The maximum Gasteiger partial charge on any atom is 0.339 e. The molecule has 0 spiro atoms. The summed E-state index contributed by atoms with van der Waals surface area (Å²) in [5, 5.41) is 2.38. The fourth-order valence-electron chi connectivity index (χ4n) is 1.53. The third-order valence-electron chi connectivity index (χ3n) is 2.53. The maximum atomic E-state index is 11.7. The molecule has 0 saturated heterocycles. The van der Waals surface area contributed by atoms with E-state index in [1.807, 2.05) is 0 Å². The van der Waals surface area contributed by atoms with Crippen molar-refractivity contribution in [3.63, 3.8) is 0 Å². The van der Waals surface area contributed by atoms with Gasteiger partial charge < -0.3 is 19.5 Å². The van der Waals surface area contributed by atoms with E-state index >= 15 is 0 Å². The van der Waals surface area contributed by atoms with Gasteiger partial charge in [0.2, 0.25) is 0 Å². The highest BCUT2D eigenvalue weighted by atomic mass is 16.5. The van der Waals surface area contributed by atoms with Crippen LogP contribution in [0.25, 0.3) is 0 Å². The number of carbonyl (C=O) groups excluding carboxylic acids is 4. The number of nitrogens with one attached hydrogen (secondary N) is 1. The second-order valence-electron chi connectivity index (χ2n) is 4.07. The molecule has 1 rings (SSSR count). The first-order valence-corrected chi connectivity index (χ1v) is 6.13. The molecule has 1 aromatic rings. The number of methoxy groups -OCH3 is 2.